The maximum absolute atomic E-state index is 2.42. The van der Waals surface area contributed by atoms with E-state index in [0.29, 0.717) is 5.92 Å². The van der Waals surface area contributed by atoms with Crippen molar-refractivity contribution in [2.75, 3.05) is 0 Å². The molecule has 0 N–H and O–H groups in total. The van der Waals surface area contributed by atoms with Crippen LogP contribution in [0.15, 0.2) is 115 Å². The summed E-state index contributed by atoms with van der Waals surface area (Å²) in [6, 6.07) is 35.2. The van der Waals surface area contributed by atoms with E-state index in [4.69, 9.17) is 0 Å². The standard InChI is InChI=1S/C32H27N/c1-22-10-6-7-13-27(22)29-20-24(17-16-23(29)2)25-18-19-32-30(21-25)28-14-8-9-15-31(28)33(32)26-11-4-3-5-12-26/h3-19,21,24H,20H2,1-2H3. The van der Waals surface area contributed by atoms with E-state index in [1.54, 1.807) is 0 Å². The van der Waals surface area contributed by atoms with Gasteiger partial charge in [-0.15, -0.1) is 0 Å². The minimum atomic E-state index is 0.381. The summed E-state index contributed by atoms with van der Waals surface area (Å²) in [5.41, 5.74) is 10.7. The van der Waals surface area contributed by atoms with Crippen LogP contribution in [-0.4, -0.2) is 4.57 Å². The number of allylic oxidation sites excluding steroid dienone is 4. The molecule has 0 aliphatic heterocycles. The minimum absolute atomic E-state index is 0.381. The van der Waals surface area contributed by atoms with Crippen LogP contribution in [0.1, 0.15) is 36.0 Å². The van der Waals surface area contributed by atoms with Gasteiger partial charge in [-0.1, -0.05) is 78.9 Å². The van der Waals surface area contributed by atoms with Crippen LogP contribution in [0.2, 0.25) is 0 Å². The highest BCUT2D eigenvalue weighted by atomic mass is 15.0. The fourth-order valence-corrected chi connectivity index (χ4v) is 5.35. The molecule has 1 unspecified atom stereocenters. The Kier molecular flexibility index (Phi) is 4.77. The van der Waals surface area contributed by atoms with Crippen LogP contribution in [0.25, 0.3) is 33.1 Å². The lowest BCUT2D eigenvalue weighted by atomic mass is 9.81. The lowest BCUT2D eigenvalue weighted by Crippen LogP contribution is -2.04. The first-order valence-electron chi connectivity index (χ1n) is 11.7. The highest BCUT2D eigenvalue weighted by Gasteiger charge is 2.20. The smallest absolute Gasteiger partial charge is 0.0541 e. The lowest BCUT2D eigenvalue weighted by Gasteiger charge is -2.23. The Balaban J connectivity index is 1.47. The third kappa shape index (κ3) is 3.32. The van der Waals surface area contributed by atoms with Crippen molar-refractivity contribution in [2.24, 2.45) is 0 Å². The molecule has 4 aromatic carbocycles. The van der Waals surface area contributed by atoms with Gasteiger partial charge in [-0.05, 0) is 78.4 Å². The average molecular weight is 426 g/mol. The van der Waals surface area contributed by atoms with Crippen LogP contribution in [0.5, 0.6) is 0 Å². The van der Waals surface area contributed by atoms with Crippen molar-refractivity contribution in [1.82, 2.24) is 4.57 Å². The van der Waals surface area contributed by atoms with Gasteiger partial charge in [-0.3, -0.25) is 0 Å². The molecule has 0 saturated carbocycles. The largest absolute Gasteiger partial charge is 0.309 e. The van der Waals surface area contributed by atoms with Gasteiger partial charge in [0.1, 0.15) is 0 Å². The summed E-state index contributed by atoms with van der Waals surface area (Å²) in [5, 5.41) is 2.63. The van der Waals surface area contributed by atoms with Crippen molar-refractivity contribution < 1.29 is 0 Å². The number of hydrogen-bond donors (Lipinski definition) is 0. The Hall–Kier alpha value is -3.84. The number of aryl methyl sites for hydroxylation is 1. The Morgan fingerprint density at radius 1 is 0.697 bits per heavy atom. The normalized spacial score (nSPS) is 16.1. The van der Waals surface area contributed by atoms with Crippen LogP contribution in [0, 0.1) is 6.92 Å². The van der Waals surface area contributed by atoms with Crippen LogP contribution in [0.3, 0.4) is 0 Å². The molecule has 6 rings (SSSR count). The maximum atomic E-state index is 2.42. The first-order chi connectivity index (χ1) is 16.2. The Morgan fingerprint density at radius 2 is 1.42 bits per heavy atom. The van der Waals surface area contributed by atoms with E-state index in [9.17, 15) is 0 Å². The van der Waals surface area contributed by atoms with E-state index in [1.807, 2.05) is 0 Å². The summed E-state index contributed by atoms with van der Waals surface area (Å²) in [5.74, 6) is 0.381. The fourth-order valence-electron chi connectivity index (χ4n) is 5.35. The van der Waals surface area contributed by atoms with Gasteiger partial charge in [0, 0.05) is 22.4 Å². The van der Waals surface area contributed by atoms with Gasteiger partial charge in [0.25, 0.3) is 0 Å². The molecule has 1 heteroatoms. The summed E-state index contributed by atoms with van der Waals surface area (Å²) < 4.78 is 2.38. The lowest BCUT2D eigenvalue weighted by molar-refractivity contribution is 0.860. The first-order valence-corrected chi connectivity index (χ1v) is 11.7. The monoisotopic (exact) mass is 425 g/mol. The second-order valence-electron chi connectivity index (χ2n) is 9.11. The number of fused-ring (bicyclic) bond motifs is 3. The molecule has 0 amide bonds. The molecule has 1 nitrogen and oxygen atoms in total. The van der Waals surface area contributed by atoms with Gasteiger partial charge in [-0.25, -0.2) is 0 Å². The van der Waals surface area contributed by atoms with E-state index >= 15 is 0 Å². The van der Waals surface area contributed by atoms with Crippen molar-refractivity contribution in [3.63, 3.8) is 0 Å². The van der Waals surface area contributed by atoms with E-state index in [2.05, 4.69) is 128 Å². The molecule has 1 aliphatic carbocycles. The predicted molar refractivity (Wildman–Crippen MR) is 141 cm³/mol. The van der Waals surface area contributed by atoms with E-state index in [0.717, 1.165) is 6.42 Å². The van der Waals surface area contributed by atoms with Gasteiger partial charge in [0.05, 0.1) is 11.0 Å². The third-order valence-corrected chi connectivity index (χ3v) is 7.09. The summed E-state index contributed by atoms with van der Waals surface area (Å²) in [6.07, 6.45) is 5.73. The molecule has 0 radical (unpaired) electrons. The van der Waals surface area contributed by atoms with E-state index < -0.39 is 0 Å². The summed E-state index contributed by atoms with van der Waals surface area (Å²) >= 11 is 0. The maximum Gasteiger partial charge on any atom is 0.0541 e. The van der Waals surface area contributed by atoms with Crippen LogP contribution < -0.4 is 0 Å². The SMILES string of the molecule is CC1=C(c2ccccc2C)CC(c2ccc3c(c2)c2ccccc2n3-c2ccccc2)C=C1. The van der Waals surface area contributed by atoms with Gasteiger partial charge in [0.2, 0.25) is 0 Å². The number of hydrogen-bond acceptors (Lipinski definition) is 0. The van der Waals surface area contributed by atoms with Crippen LogP contribution >= 0.6 is 0 Å². The van der Waals surface area contributed by atoms with E-state index in [-0.39, 0.29) is 0 Å². The molecule has 33 heavy (non-hydrogen) atoms. The fraction of sp³-hybridized carbons (Fsp3) is 0.125. The molecule has 1 heterocycles. The van der Waals surface area contributed by atoms with Crippen molar-refractivity contribution >= 4 is 27.4 Å². The molecule has 0 fully saturated rings. The first kappa shape index (κ1) is 19.8. The predicted octanol–water partition coefficient (Wildman–Crippen LogP) is 8.61. The number of aromatic nitrogens is 1. The molecule has 160 valence electrons. The second-order valence-corrected chi connectivity index (χ2v) is 9.11. The van der Waals surface area contributed by atoms with Crippen LogP contribution in [0.4, 0.5) is 0 Å². The number of nitrogens with zero attached hydrogens (tertiary/aromatic N) is 1. The van der Waals surface area contributed by atoms with Crippen molar-refractivity contribution in [2.45, 2.75) is 26.2 Å². The van der Waals surface area contributed by atoms with Crippen molar-refractivity contribution in [3.05, 3.63) is 131 Å². The summed E-state index contributed by atoms with van der Waals surface area (Å²) in [4.78, 5) is 0. The van der Waals surface area contributed by atoms with Crippen molar-refractivity contribution in [3.8, 4) is 5.69 Å². The zero-order valence-corrected chi connectivity index (χ0v) is 19.1. The molecule has 1 aliphatic rings. The molecule has 1 atom stereocenters. The zero-order chi connectivity index (χ0) is 22.4. The van der Waals surface area contributed by atoms with Crippen LogP contribution in [-0.2, 0) is 0 Å². The Bertz CT molecular complexity index is 1550. The molecule has 0 bridgehead atoms. The minimum Gasteiger partial charge on any atom is -0.309 e. The summed E-state index contributed by atoms with van der Waals surface area (Å²) in [7, 11) is 0. The van der Waals surface area contributed by atoms with Crippen molar-refractivity contribution in [1.29, 1.82) is 0 Å². The summed E-state index contributed by atoms with van der Waals surface area (Å²) in [6.45, 7) is 4.46. The van der Waals surface area contributed by atoms with Gasteiger partial charge in [-0.2, -0.15) is 0 Å². The van der Waals surface area contributed by atoms with Gasteiger partial charge < -0.3 is 4.57 Å². The topological polar surface area (TPSA) is 4.93 Å². The van der Waals surface area contributed by atoms with Gasteiger partial charge in [0.15, 0.2) is 0 Å². The molecule has 1 aromatic heterocycles. The van der Waals surface area contributed by atoms with E-state index in [1.165, 1.54) is 55.3 Å². The number of rotatable bonds is 3. The average Bonchev–Trinajstić information content (AvgIpc) is 3.19. The number of para-hydroxylation sites is 2. The third-order valence-electron chi connectivity index (χ3n) is 7.09. The number of benzene rings is 4. The Morgan fingerprint density at radius 3 is 2.27 bits per heavy atom. The molecular weight excluding hydrogens is 398 g/mol. The quantitative estimate of drug-likeness (QED) is 0.273. The second kappa shape index (κ2) is 7.94. The highest BCUT2D eigenvalue weighted by molar-refractivity contribution is 6.09. The Labute approximate surface area is 195 Å². The highest BCUT2D eigenvalue weighted by Crippen LogP contribution is 2.40. The van der Waals surface area contributed by atoms with Gasteiger partial charge >= 0.3 is 0 Å². The molecule has 0 saturated heterocycles. The molecular formula is C32H27N. The molecule has 5 aromatic rings. The molecule has 0 spiro atoms. The zero-order valence-electron chi connectivity index (χ0n) is 19.1.